The van der Waals surface area contributed by atoms with Gasteiger partial charge in [0.1, 0.15) is 36.2 Å². The maximum atomic E-state index is 16.0. The van der Waals surface area contributed by atoms with E-state index in [0.29, 0.717) is 24.3 Å². The van der Waals surface area contributed by atoms with Gasteiger partial charge in [0.2, 0.25) is 0 Å². The fourth-order valence-corrected chi connectivity index (χ4v) is 10.7. The molecule has 0 radical (unpaired) electrons. The number of ketones is 1. The number of aryl methyl sites for hydroxylation is 2. The standard InChI is InChI=1S/C59H60N2O5/c62-45-21-15-43(16-22-45)51-27-19-41-11-3-5-13-49(41)57(51)55-39-47(65-37-35-60-31-7-1-8-32-60)25-29-53(55)59(64)54-30-26-48(66-38-36-61-33-9-2-10-34-61)40-56(54)58-50-14-6-4-12-42(50)20-28-52(58)44-17-23-46(63)24-18-44/h3-6,11-18,21-26,29-30,39-40,62-63H,1-2,7-10,19-20,27-28,31-38H2. The highest BCUT2D eigenvalue weighted by atomic mass is 16.5. The van der Waals surface area contributed by atoms with Crippen molar-refractivity contribution in [3.05, 3.63) is 189 Å². The monoisotopic (exact) mass is 876 g/mol. The first-order valence-electron chi connectivity index (χ1n) is 24.2. The second kappa shape index (κ2) is 20.0. The topological polar surface area (TPSA) is 82.5 Å². The Kier molecular flexibility index (Phi) is 13.2. The fraction of sp³-hybridized carbons (Fsp3) is 0.305. The van der Waals surface area contributed by atoms with Crippen molar-refractivity contribution in [1.29, 1.82) is 0 Å². The van der Waals surface area contributed by atoms with Gasteiger partial charge in [-0.1, -0.05) is 85.6 Å². The summed E-state index contributed by atoms with van der Waals surface area (Å²) in [5.41, 5.74) is 13.8. The van der Waals surface area contributed by atoms with Crippen LogP contribution in [0.3, 0.4) is 0 Å². The second-order valence-electron chi connectivity index (χ2n) is 18.4. The summed E-state index contributed by atoms with van der Waals surface area (Å²) < 4.78 is 13.2. The minimum atomic E-state index is -0.0824. The van der Waals surface area contributed by atoms with Crippen LogP contribution in [0.25, 0.3) is 22.3 Å². The molecule has 66 heavy (non-hydrogen) atoms. The van der Waals surface area contributed by atoms with Gasteiger partial charge in [-0.2, -0.15) is 0 Å². The number of benzene rings is 6. The summed E-state index contributed by atoms with van der Waals surface area (Å²) in [6, 6.07) is 44.1. The molecule has 2 aliphatic heterocycles. The number of ether oxygens (including phenoxy) is 2. The van der Waals surface area contributed by atoms with E-state index in [1.54, 1.807) is 24.3 Å². The largest absolute Gasteiger partial charge is 0.508 e. The lowest BCUT2D eigenvalue weighted by Crippen LogP contribution is -2.33. The van der Waals surface area contributed by atoms with E-state index in [-0.39, 0.29) is 17.3 Å². The van der Waals surface area contributed by atoms with Crippen LogP contribution in [0.1, 0.15) is 112 Å². The molecule has 0 atom stereocenters. The van der Waals surface area contributed by atoms with E-state index >= 15 is 4.79 Å². The Bertz CT molecular complexity index is 2570. The number of rotatable bonds is 14. The number of piperidine rings is 2. The van der Waals surface area contributed by atoms with Crippen LogP contribution in [-0.4, -0.2) is 78.3 Å². The maximum Gasteiger partial charge on any atom is 0.194 e. The van der Waals surface area contributed by atoms with Crippen molar-refractivity contribution in [2.75, 3.05) is 52.5 Å². The molecule has 6 aromatic carbocycles. The molecule has 7 heteroatoms. The van der Waals surface area contributed by atoms with Crippen molar-refractivity contribution >= 4 is 28.1 Å². The highest BCUT2D eigenvalue weighted by molar-refractivity contribution is 6.18. The summed E-state index contributed by atoms with van der Waals surface area (Å²) in [5.74, 6) is 1.81. The summed E-state index contributed by atoms with van der Waals surface area (Å²) >= 11 is 0. The number of phenols is 2. The third-order valence-corrected chi connectivity index (χ3v) is 14.2. The Morgan fingerprint density at radius 1 is 0.455 bits per heavy atom. The molecular formula is C59H60N2O5. The van der Waals surface area contributed by atoms with E-state index in [0.717, 1.165) is 132 Å². The molecule has 6 aromatic rings. The van der Waals surface area contributed by atoms with Crippen molar-refractivity contribution in [2.45, 2.75) is 64.2 Å². The molecule has 4 aliphatic rings. The number of hydrogen-bond acceptors (Lipinski definition) is 7. The van der Waals surface area contributed by atoms with Crippen LogP contribution in [-0.2, 0) is 12.8 Å². The van der Waals surface area contributed by atoms with Crippen molar-refractivity contribution in [3.63, 3.8) is 0 Å². The summed E-state index contributed by atoms with van der Waals surface area (Å²) in [6.07, 6.45) is 10.7. The van der Waals surface area contributed by atoms with Crippen molar-refractivity contribution in [1.82, 2.24) is 9.80 Å². The van der Waals surface area contributed by atoms with E-state index in [9.17, 15) is 10.2 Å². The van der Waals surface area contributed by atoms with E-state index < -0.39 is 0 Å². The lowest BCUT2D eigenvalue weighted by Gasteiger charge is -2.28. The SMILES string of the molecule is O=C(c1ccc(OCCN2CCCCC2)cc1C1=C(c2ccc(O)cc2)CCc2ccccc21)c1ccc(OCCN2CCCCC2)cc1C1=C(c2ccc(O)cc2)CCc2ccccc21. The number of carbonyl (C=O) groups excluding carboxylic acids is 1. The Morgan fingerprint density at radius 2 is 0.864 bits per heavy atom. The number of carbonyl (C=O) groups is 1. The Morgan fingerprint density at radius 3 is 1.29 bits per heavy atom. The molecular weight excluding hydrogens is 817 g/mol. The Labute approximate surface area is 389 Å². The van der Waals surface area contributed by atoms with Gasteiger partial charge in [-0.3, -0.25) is 14.6 Å². The third-order valence-electron chi connectivity index (χ3n) is 14.2. The first-order chi connectivity index (χ1) is 32.5. The van der Waals surface area contributed by atoms with Gasteiger partial charge in [0.05, 0.1) is 0 Å². The summed E-state index contributed by atoms with van der Waals surface area (Å²) in [7, 11) is 0. The average Bonchev–Trinajstić information content (AvgIpc) is 3.36. The lowest BCUT2D eigenvalue weighted by molar-refractivity contribution is 0.103. The zero-order valence-electron chi connectivity index (χ0n) is 37.9. The van der Waals surface area contributed by atoms with Crippen molar-refractivity contribution in [3.8, 4) is 23.0 Å². The van der Waals surface area contributed by atoms with Crippen LogP contribution in [0.2, 0.25) is 0 Å². The van der Waals surface area contributed by atoms with Crippen LogP contribution in [0.4, 0.5) is 0 Å². The summed E-state index contributed by atoms with van der Waals surface area (Å²) in [4.78, 5) is 21.0. The van der Waals surface area contributed by atoms with Crippen LogP contribution < -0.4 is 9.47 Å². The fourth-order valence-electron chi connectivity index (χ4n) is 10.7. The average molecular weight is 877 g/mol. The molecule has 2 saturated heterocycles. The molecule has 2 fully saturated rings. The van der Waals surface area contributed by atoms with Gasteiger partial charge in [-0.25, -0.2) is 0 Å². The highest BCUT2D eigenvalue weighted by Gasteiger charge is 2.30. The van der Waals surface area contributed by atoms with Crippen LogP contribution in [0.15, 0.2) is 133 Å². The van der Waals surface area contributed by atoms with E-state index in [2.05, 4.69) is 70.5 Å². The van der Waals surface area contributed by atoms with Gasteiger partial charge in [0.15, 0.2) is 5.78 Å². The second-order valence-corrected chi connectivity index (χ2v) is 18.4. The molecule has 2 N–H and O–H groups in total. The predicted octanol–water partition coefficient (Wildman–Crippen LogP) is 11.9. The molecule has 0 saturated carbocycles. The molecule has 0 amide bonds. The van der Waals surface area contributed by atoms with Gasteiger partial charge in [-0.05, 0) is 205 Å². The molecule has 2 aliphatic carbocycles. The highest BCUT2D eigenvalue weighted by Crippen LogP contribution is 2.46. The number of allylic oxidation sites excluding steroid dienone is 2. The van der Waals surface area contributed by atoms with Crippen LogP contribution >= 0.6 is 0 Å². The molecule has 10 rings (SSSR count). The Balaban J connectivity index is 1.14. The minimum absolute atomic E-state index is 0.0824. The van der Waals surface area contributed by atoms with Gasteiger partial charge in [-0.15, -0.1) is 0 Å². The zero-order valence-corrected chi connectivity index (χ0v) is 37.9. The number of likely N-dealkylation sites (tertiary alicyclic amines) is 2. The quantitative estimate of drug-likeness (QED) is 0.105. The number of hydrogen-bond donors (Lipinski definition) is 2. The first kappa shape index (κ1) is 43.5. The summed E-state index contributed by atoms with van der Waals surface area (Å²) in [6.45, 7) is 7.23. The number of aromatic hydroxyl groups is 2. The number of fused-ring (bicyclic) bond motifs is 2. The lowest BCUT2D eigenvalue weighted by atomic mass is 9.76. The molecule has 0 spiro atoms. The molecule has 0 unspecified atom stereocenters. The van der Waals surface area contributed by atoms with Crippen LogP contribution in [0, 0.1) is 0 Å². The molecule has 2 heterocycles. The molecule has 336 valence electrons. The van der Waals surface area contributed by atoms with E-state index in [4.69, 9.17) is 9.47 Å². The maximum absolute atomic E-state index is 16.0. The Hall–Kier alpha value is -6.41. The number of nitrogens with zero attached hydrogens (tertiary/aromatic N) is 2. The van der Waals surface area contributed by atoms with E-state index in [1.807, 2.05) is 48.5 Å². The summed E-state index contributed by atoms with van der Waals surface area (Å²) in [5, 5.41) is 20.7. The third kappa shape index (κ3) is 9.46. The minimum Gasteiger partial charge on any atom is -0.508 e. The predicted molar refractivity (Wildman–Crippen MR) is 265 cm³/mol. The van der Waals surface area contributed by atoms with Crippen molar-refractivity contribution in [2.24, 2.45) is 0 Å². The van der Waals surface area contributed by atoms with Gasteiger partial charge in [0, 0.05) is 24.2 Å². The van der Waals surface area contributed by atoms with Gasteiger partial charge < -0.3 is 19.7 Å². The molecule has 7 nitrogen and oxygen atoms in total. The van der Waals surface area contributed by atoms with Gasteiger partial charge >= 0.3 is 0 Å². The molecule has 0 aromatic heterocycles. The zero-order chi connectivity index (χ0) is 44.8. The number of phenolic OH excluding ortho intramolecular Hbond substituents is 2. The van der Waals surface area contributed by atoms with Crippen LogP contribution in [0.5, 0.6) is 23.0 Å². The van der Waals surface area contributed by atoms with Crippen molar-refractivity contribution < 1.29 is 24.5 Å². The molecule has 0 bridgehead atoms. The van der Waals surface area contributed by atoms with E-state index in [1.165, 1.54) is 49.7 Å². The van der Waals surface area contributed by atoms with Gasteiger partial charge in [0.25, 0.3) is 0 Å². The first-order valence-corrected chi connectivity index (χ1v) is 24.2. The smallest absolute Gasteiger partial charge is 0.194 e. The normalized spacial score (nSPS) is 16.7.